The normalized spacial score (nSPS) is 14.6. The summed E-state index contributed by atoms with van der Waals surface area (Å²) in [5, 5.41) is 10.6. The van der Waals surface area contributed by atoms with Gasteiger partial charge < -0.3 is 33.8 Å². The minimum Gasteiger partial charge on any atom is -0.462 e. The first-order valence-corrected chi connectivity index (χ1v) is 44.8. The van der Waals surface area contributed by atoms with E-state index in [-0.39, 0.29) is 25.7 Å². The highest BCUT2D eigenvalue weighted by Gasteiger charge is 2.30. The predicted octanol–water partition coefficient (Wildman–Crippen LogP) is 24.0. The summed E-state index contributed by atoms with van der Waals surface area (Å²) < 4.78 is 68.6. The third kappa shape index (κ3) is 71.7. The summed E-state index contributed by atoms with van der Waals surface area (Å²) in [7, 11) is -9.92. The Morgan fingerprint density at radius 2 is 0.480 bits per heavy atom. The average Bonchev–Trinajstić information content (AvgIpc) is 0.942. The third-order valence-corrected chi connectivity index (χ3v) is 21.4. The number of hydrogen-bond acceptors (Lipinski definition) is 15. The summed E-state index contributed by atoms with van der Waals surface area (Å²) in [6, 6.07) is 0. The molecule has 594 valence electrons. The quantitative estimate of drug-likeness (QED) is 0.0222. The molecule has 0 aromatic heterocycles. The number of hydrogen-bond donors (Lipinski definition) is 3. The zero-order valence-corrected chi connectivity index (χ0v) is 67.6. The molecule has 7 atom stereocenters. The van der Waals surface area contributed by atoms with Crippen molar-refractivity contribution in [2.45, 2.75) is 433 Å². The van der Waals surface area contributed by atoms with Crippen LogP contribution in [0.25, 0.3) is 0 Å². The summed E-state index contributed by atoms with van der Waals surface area (Å²) in [5.74, 6) is 1.00. The van der Waals surface area contributed by atoms with Crippen LogP contribution in [0, 0.1) is 23.7 Å². The molecule has 0 aliphatic rings. The molecule has 0 saturated heterocycles. The van der Waals surface area contributed by atoms with Gasteiger partial charge in [0.05, 0.1) is 26.4 Å². The molecule has 0 fully saturated rings. The number of aliphatic hydroxyl groups excluding tert-OH is 1. The van der Waals surface area contributed by atoms with Crippen molar-refractivity contribution >= 4 is 39.5 Å². The molecule has 0 rings (SSSR count). The first-order valence-electron chi connectivity index (χ1n) is 41.8. The second kappa shape index (κ2) is 70.1. The van der Waals surface area contributed by atoms with Gasteiger partial charge in [-0.1, -0.05) is 364 Å². The largest absolute Gasteiger partial charge is 0.472 e. The van der Waals surface area contributed by atoms with E-state index in [1.54, 1.807) is 0 Å². The highest BCUT2D eigenvalue weighted by molar-refractivity contribution is 7.47. The van der Waals surface area contributed by atoms with Gasteiger partial charge in [-0.2, -0.15) is 0 Å². The van der Waals surface area contributed by atoms with Gasteiger partial charge in [0.15, 0.2) is 12.2 Å². The molecular weight excluding hydrogens is 1310 g/mol. The van der Waals surface area contributed by atoms with Gasteiger partial charge in [0.25, 0.3) is 0 Å². The van der Waals surface area contributed by atoms with Crippen LogP contribution in [-0.4, -0.2) is 96.7 Å². The topological polar surface area (TPSA) is 237 Å². The van der Waals surface area contributed by atoms with Crippen LogP contribution in [0.2, 0.25) is 0 Å². The second-order valence-corrected chi connectivity index (χ2v) is 33.5. The van der Waals surface area contributed by atoms with Crippen LogP contribution < -0.4 is 0 Å². The lowest BCUT2D eigenvalue weighted by Crippen LogP contribution is -2.30. The summed E-state index contributed by atoms with van der Waals surface area (Å²) in [6.07, 6.45) is 57.1. The monoisotopic (exact) mass is 1470 g/mol. The Morgan fingerprint density at radius 1 is 0.280 bits per heavy atom. The number of rotatable bonds is 78. The fraction of sp³-hybridized carbons (Fsp3) is 0.951. The summed E-state index contributed by atoms with van der Waals surface area (Å²) in [4.78, 5) is 72.9. The molecule has 0 spiro atoms. The summed E-state index contributed by atoms with van der Waals surface area (Å²) >= 11 is 0. The highest BCUT2D eigenvalue weighted by Crippen LogP contribution is 2.45. The van der Waals surface area contributed by atoms with E-state index in [2.05, 4.69) is 55.4 Å². The molecule has 0 aliphatic carbocycles. The number of phosphoric ester groups is 2. The lowest BCUT2D eigenvalue weighted by molar-refractivity contribution is -0.161. The highest BCUT2D eigenvalue weighted by atomic mass is 31.2. The molecule has 19 heteroatoms. The zero-order chi connectivity index (χ0) is 73.8. The molecule has 3 N–H and O–H groups in total. The van der Waals surface area contributed by atoms with Crippen molar-refractivity contribution in [1.29, 1.82) is 0 Å². The van der Waals surface area contributed by atoms with Crippen LogP contribution in [0.15, 0.2) is 0 Å². The number of ether oxygens (including phenoxy) is 4. The third-order valence-electron chi connectivity index (χ3n) is 19.5. The van der Waals surface area contributed by atoms with Crippen molar-refractivity contribution in [3.63, 3.8) is 0 Å². The fourth-order valence-corrected chi connectivity index (χ4v) is 13.9. The minimum absolute atomic E-state index is 0.103. The van der Waals surface area contributed by atoms with Crippen molar-refractivity contribution in [3.05, 3.63) is 0 Å². The molecule has 17 nitrogen and oxygen atoms in total. The van der Waals surface area contributed by atoms with Crippen LogP contribution in [-0.2, 0) is 65.4 Å². The maximum absolute atomic E-state index is 13.1. The van der Waals surface area contributed by atoms with Gasteiger partial charge in [0.2, 0.25) is 0 Å². The molecule has 100 heavy (non-hydrogen) atoms. The Labute approximate surface area is 613 Å². The summed E-state index contributed by atoms with van der Waals surface area (Å²) in [5.41, 5.74) is 0. The van der Waals surface area contributed by atoms with E-state index in [4.69, 9.17) is 37.0 Å². The minimum atomic E-state index is -4.96. The van der Waals surface area contributed by atoms with Crippen LogP contribution in [0.4, 0.5) is 0 Å². The number of phosphoric acid groups is 2. The number of carbonyl (C=O) groups excluding carboxylic acids is 4. The van der Waals surface area contributed by atoms with E-state index in [1.807, 2.05) is 0 Å². The van der Waals surface area contributed by atoms with Crippen LogP contribution in [0.5, 0.6) is 0 Å². The maximum atomic E-state index is 13.1. The van der Waals surface area contributed by atoms with E-state index >= 15 is 0 Å². The zero-order valence-electron chi connectivity index (χ0n) is 65.8. The number of esters is 4. The lowest BCUT2D eigenvalue weighted by atomic mass is 9.99. The van der Waals surface area contributed by atoms with Gasteiger partial charge in [-0.25, -0.2) is 9.13 Å². The Morgan fingerprint density at radius 3 is 0.710 bits per heavy atom. The fourth-order valence-electron chi connectivity index (χ4n) is 12.4. The molecule has 0 aliphatic heterocycles. The van der Waals surface area contributed by atoms with Gasteiger partial charge in [-0.05, 0) is 49.4 Å². The van der Waals surface area contributed by atoms with Crippen molar-refractivity contribution in [1.82, 2.24) is 0 Å². The van der Waals surface area contributed by atoms with Gasteiger partial charge >= 0.3 is 39.5 Å². The van der Waals surface area contributed by atoms with Crippen molar-refractivity contribution in [2.75, 3.05) is 39.6 Å². The van der Waals surface area contributed by atoms with E-state index < -0.39 is 97.5 Å². The van der Waals surface area contributed by atoms with Gasteiger partial charge in [-0.3, -0.25) is 37.3 Å². The average molecular weight is 1470 g/mol. The molecular formula is C81H158O17P2. The Hall–Kier alpha value is -1.94. The van der Waals surface area contributed by atoms with E-state index in [0.29, 0.717) is 25.7 Å². The lowest BCUT2D eigenvalue weighted by Gasteiger charge is -2.21. The Balaban J connectivity index is 5.21. The molecule has 0 heterocycles. The number of aliphatic hydroxyl groups is 1. The molecule has 0 bridgehead atoms. The Kier molecular flexibility index (Phi) is 68.7. The maximum Gasteiger partial charge on any atom is 0.472 e. The molecule has 4 unspecified atom stereocenters. The van der Waals surface area contributed by atoms with E-state index in [9.17, 15) is 43.2 Å². The molecule has 0 saturated carbocycles. The smallest absolute Gasteiger partial charge is 0.462 e. The Bertz CT molecular complexity index is 1960. The van der Waals surface area contributed by atoms with Gasteiger partial charge in [0.1, 0.15) is 19.3 Å². The van der Waals surface area contributed by atoms with Crippen LogP contribution in [0.3, 0.4) is 0 Å². The van der Waals surface area contributed by atoms with Crippen molar-refractivity contribution in [2.24, 2.45) is 23.7 Å². The van der Waals surface area contributed by atoms with Crippen LogP contribution >= 0.6 is 15.6 Å². The van der Waals surface area contributed by atoms with Gasteiger partial charge in [0, 0.05) is 25.7 Å². The van der Waals surface area contributed by atoms with Crippen molar-refractivity contribution < 1.29 is 80.2 Å². The second-order valence-electron chi connectivity index (χ2n) is 30.6. The van der Waals surface area contributed by atoms with Crippen LogP contribution in [0.1, 0.15) is 415 Å². The van der Waals surface area contributed by atoms with Crippen molar-refractivity contribution in [3.8, 4) is 0 Å². The first-order chi connectivity index (χ1) is 48.2. The molecule has 0 aromatic rings. The first kappa shape index (κ1) is 98.1. The SMILES string of the molecule is CCC(C)CCCCCCCCCCCCCCCCCCCCC(=O)O[C@H](COC(=O)CCCCCCCCCCCCCCCCC(C)C)COP(=O)(O)OC[C@@H](O)COP(=O)(O)OC[C@@H](COC(=O)CCCCCCCCC(C)CC)OC(=O)CCCCCCCCCCC(C)C. The van der Waals surface area contributed by atoms with E-state index in [0.717, 1.165) is 120 Å². The van der Waals surface area contributed by atoms with Gasteiger partial charge in [-0.15, -0.1) is 0 Å². The molecule has 0 amide bonds. The molecule has 0 aromatic carbocycles. The number of unbranched alkanes of at least 4 members (excludes halogenated alkanes) is 42. The standard InChI is InChI=1S/C81H158O17P2/c1-9-73(7)59-51-43-35-28-24-20-15-13-11-12-14-16-22-26-30-37-47-55-63-80(85)97-76(67-91-78(83)61-53-45-36-29-25-21-18-17-19-23-27-33-41-49-57-71(3)4)69-95-99(87,88)93-65-75(82)66-94-100(89,90)96-70-77(68-92-79(84)62-54-46-40-39-44-52-60-74(8)10-2)98-81(86)64-56-48-38-32-31-34-42-50-58-72(5)6/h71-77,82H,9-70H2,1-8H3,(H,87,88)(H,89,90)/t73?,74?,75-,76-,77-/m1/s1. The molecule has 0 radical (unpaired) electrons. The van der Waals surface area contributed by atoms with E-state index in [1.165, 1.54) is 212 Å². The predicted molar refractivity (Wildman–Crippen MR) is 409 cm³/mol. The number of carbonyl (C=O) groups is 4. The summed E-state index contributed by atoms with van der Waals surface area (Å²) in [6.45, 7) is 14.2.